The van der Waals surface area contributed by atoms with Crippen molar-refractivity contribution < 1.29 is 4.74 Å². The zero-order valence-corrected chi connectivity index (χ0v) is 8.60. The predicted octanol–water partition coefficient (Wildman–Crippen LogP) is 2.06. The molecule has 1 aliphatic rings. The SMILES string of the molecule is CC1CCOC1c1nc2ncccc2[nH]1. The van der Waals surface area contributed by atoms with E-state index >= 15 is 0 Å². The number of hydrogen-bond acceptors (Lipinski definition) is 3. The number of imidazole rings is 1. The normalized spacial score (nSPS) is 26.2. The zero-order valence-electron chi connectivity index (χ0n) is 8.60. The Hall–Kier alpha value is -1.42. The summed E-state index contributed by atoms with van der Waals surface area (Å²) in [6, 6.07) is 3.89. The molecule has 3 heterocycles. The molecule has 0 bridgehead atoms. The lowest BCUT2D eigenvalue weighted by Gasteiger charge is -2.10. The van der Waals surface area contributed by atoms with Crippen molar-refractivity contribution in [2.24, 2.45) is 5.92 Å². The highest BCUT2D eigenvalue weighted by molar-refractivity contribution is 5.69. The van der Waals surface area contributed by atoms with Gasteiger partial charge in [0.05, 0.1) is 5.52 Å². The number of rotatable bonds is 1. The Morgan fingerprint density at radius 1 is 1.53 bits per heavy atom. The number of nitrogens with one attached hydrogen (secondary N) is 1. The molecule has 1 aliphatic heterocycles. The summed E-state index contributed by atoms with van der Waals surface area (Å²) < 4.78 is 5.66. The third-order valence-electron chi connectivity index (χ3n) is 2.93. The van der Waals surface area contributed by atoms with E-state index < -0.39 is 0 Å². The smallest absolute Gasteiger partial charge is 0.177 e. The lowest BCUT2D eigenvalue weighted by atomic mass is 10.0. The number of aromatic amines is 1. The Morgan fingerprint density at radius 2 is 2.47 bits per heavy atom. The average molecular weight is 203 g/mol. The fraction of sp³-hybridized carbons (Fsp3) is 0.455. The second kappa shape index (κ2) is 3.31. The maximum atomic E-state index is 5.66. The van der Waals surface area contributed by atoms with Crippen molar-refractivity contribution in [3.63, 3.8) is 0 Å². The minimum Gasteiger partial charge on any atom is -0.370 e. The van der Waals surface area contributed by atoms with Crippen molar-refractivity contribution in [2.45, 2.75) is 19.4 Å². The van der Waals surface area contributed by atoms with Crippen LogP contribution in [0.15, 0.2) is 18.3 Å². The van der Waals surface area contributed by atoms with Crippen molar-refractivity contribution in [2.75, 3.05) is 6.61 Å². The van der Waals surface area contributed by atoms with E-state index in [9.17, 15) is 0 Å². The molecule has 2 atom stereocenters. The number of aromatic nitrogens is 3. The molecule has 1 N–H and O–H groups in total. The topological polar surface area (TPSA) is 50.8 Å². The van der Waals surface area contributed by atoms with Crippen molar-refractivity contribution in [3.8, 4) is 0 Å². The molecule has 2 unspecified atom stereocenters. The highest BCUT2D eigenvalue weighted by Gasteiger charge is 2.28. The number of fused-ring (bicyclic) bond motifs is 1. The third kappa shape index (κ3) is 1.41. The second-order valence-corrected chi connectivity index (χ2v) is 4.05. The predicted molar refractivity (Wildman–Crippen MR) is 56.4 cm³/mol. The monoisotopic (exact) mass is 203 g/mol. The summed E-state index contributed by atoms with van der Waals surface area (Å²) in [5, 5.41) is 0. The number of H-pyrrole nitrogens is 1. The number of hydrogen-bond donors (Lipinski definition) is 1. The average Bonchev–Trinajstić information content (AvgIpc) is 2.82. The van der Waals surface area contributed by atoms with Crippen molar-refractivity contribution in [1.82, 2.24) is 15.0 Å². The van der Waals surface area contributed by atoms with E-state index in [0.29, 0.717) is 5.92 Å². The van der Waals surface area contributed by atoms with Crippen LogP contribution in [0, 0.1) is 5.92 Å². The fourth-order valence-corrected chi connectivity index (χ4v) is 2.04. The lowest BCUT2D eigenvalue weighted by Crippen LogP contribution is -2.05. The van der Waals surface area contributed by atoms with Gasteiger partial charge in [0, 0.05) is 12.8 Å². The van der Waals surface area contributed by atoms with Gasteiger partial charge in [-0.05, 0) is 24.5 Å². The first-order valence-corrected chi connectivity index (χ1v) is 5.27. The van der Waals surface area contributed by atoms with Crippen LogP contribution in [0.4, 0.5) is 0 Å². The summed E-state index contributed by atoms with van der Waals surface area (Å²) in [5.41, 5.74) is 1.76. The van der Waals surface area contributed by atoms with Gasteiger partial charge >= 0.3 is 0 Å². The molecule has 4 nitrogen and oxygen atoms in total. The van der Waals surface area contributed by atoms with Gasteiger partial charge in [-0.3, -0.25) is 0 Å². The van der Waals surface area contributed by atoms with E-state index in [1.54, 1.807) is 6.20 Å². The van der Waals surface area contributed by atoms with Crippen LogP contribution in [0.25, 0.3) is 11.2 Å². The molecular weight excluding hydrogens is 190 g/mol. The van der Waals surface area contributed by atoms with Crippen LogP contribution in [-0.4, -0.2) is 21.6 Å². The van der Waals surface area contributed by atoms with Crippen LogP contribution in [0.3, 0.4) is 0 Å². The molecule has 3 rings (SSSR count). The largest absolute Gasteiger partial charge is 0.370 e. The first-order chi connectivity index (χ1) is 7.34. The molecule has 0 aromatic carbocycles. The van der Waals surface area contributed by atoms with Crippen molar-refractivity contribution in [1.29, 1.82) is 0 Å². The van der Waals surface area contributed by atoms with E-state index in [0.717, 1.165) is 30.0 Å². The van der Waals surface area contributed by atoms with E-state index in [1.165, 1.54) is 0 Å². The highest BCUT2D eigenvalue weighted by atomic mass is 16.5. The summed E-state index contributed by atoms with van der Waals surface area (Å²) in [7, 11) is 0. The van der Waals surface area contributed by atoms with Gasteiger partial charge in [0.15, 0.2) is 5.65 Å². The molecule has 4 heteroatoms. The fourth-order valence-electron chi connectivity index (χ4n) is 2.04. The van der Waals surface area contributed by atoms with Crippen molar-refractivity contribution in [3.05, 3.63) is 24.2 Å². The molecular formula is C11H13N3O. The third-order valence-corrected chi connectivity index (χ3v) is 2.93. The minimum atomic E-state index is 0.110. The van der Waals surface area contributed by atoms with Crippen molar-refractivity contribution >= 4 is 11.2 Å². The zero-order chi connectivity index (χ0) is 10.3. The summed E-state index contributed by atoms with van der Waals surface area (Å²) in [6.07, 6.45) is 2.97. The Balaban J connectivity index is 2.04. The molecule has 78 valence electrons. The van der Waals surface area contributed by atoms with Crippen LogP contribution < -0.4 is 0 Å². The van der Waals surface area contributed by atoms with Gasteiger partial charge in [0.2, 0.25) is 0 Å². The van der Waals surface area contributed by atoms with E-state index in [1.807, 2.05) is 12.1 Å². The Morgan fingerprint density at radius 3 is 3.20 bits per heavy atom. The van der Waals surface area contributed by atoms with E-state index in [2.05, 4.69) is 21.9 Å². The molecule has 0 spiro atoms. The maximum Gasteiger partial charge on any atom is 0.177 e. The molecule has 1 fully saturated rings. The molecule has 2 aromatic heterocycles. The lowest BCUT2D eigenvalue weighted by molar-refractivity contribution is 0.0882. The number of pyridine rings is 1. The highest BCUT2D eigenvalue weighted by Crippen LogP contribution is 2.32. The van der Waals surface area contributed by atoms with Gasteiger partial charge in [-0.15, -0.1) is 0 Å². The number of ether oxygens (including phenoxy) is 1. The van der Waals surface area contributed by atoms with Gasteiger partial charge in [-0.1, -0.05) is 6.92 Å². The Labute approximate surface area is 87.7 Å². The van der Waals surface area contributed by atoms with Gasteiger partial charge < -0.3 is 9.72 Å². The molecule has 1 saturated heterocycles. The van der Waals surface area contributed by atoms with Gasteiger partial charge in [-0.2, -0.15) is 0 Å². The van der Waals surface area contributed by atoms with Crippen LogP contribution in [0.1, 0.15) is 25.3 Å². The first kappa shape index (κ1) is 8.85. The van der Waals surface area contributed by atoms with Gasteiger partial charge in [0.1, 0.15) is 11.9 Å². The molecule has 0 radical (unpaired) electrons. The van der Waals surface area contributed by atoms with Gasteiger partial charge in [-0.25, -0.2) is 9.97 Å². The van der Waals surface area contributed by atoms with E-state index in [4.69, 9.17) is 4.74 Å². The molecule has 0 aliphatic carbocycles. The van der Waals surface area contributed by atoms with Crippen LogP contribution in [-0.2, 0) is 4.74 Å². The summed E-state index contributed by atoms with van der Waals surface area (Å²) in [6.45, 7) is 3.02. The van der Waals surface area contributed by atoms with Crippen LogP contribution in [0.2, 0.25) is 0 Å². The summed E-state index contributed by atoms with van der Waals surface area (Å²) >= 11 is 0. The maximum absolute atomic E-state index is 5.66. The summed E-state index contributed by atoms with van der Waals surface area (Å²) in [5.74, 6) is 1.44. The molecule has 15 heavy (non-hydrogen) atoms. The Bertz CT molecular complexity index is 446. The minimum absolute atomic E-state index is 0.110. The van der Waals surface area contributed by atoms with Gasteiger partial charge in [0.25, 0.3) is 0 Å². The quantitative estimate of drug-likeness (QED) is 0.771. The van der Waals surface area contributed by atoms with Crippen LogP contribution >= 0.6 is 0 Å². The second-order valence-electron chi connectivity index (χ2n) is 4.05. The van der Waals surface area contributed by atoms with E-state index in [-0.39, 0.29) is 6.10 Å². The van der Waals surface area contributed by atoms with Crippen LogP contribution in [0.5, 0.6) is 0 Å². The number of nitrogens with zero attached hydrogens (tertiary/aromatic N) is 2. The Kier molecular flexibility index (Phi) is 1.95. The first-order valence-electron chi connectivity index (χ1n) is 5.27. The molecule has 0 amide bonds. The summed E-state index contributed by atoms with van der Waals surface area (Å²) in [4.78, 5) is 11.9. The molecule has 0 saturated carbocycles. The standard InChI is InChI=1S/C11H13N3O/c1-7-4-6-15-9(7)11-13-8-3-2-5-12-10(8)14-11/h2-3,5,7,9H,4,6H2,1H3,(H,12,13,14). The molecule has 2 aromatic rings.